The highest BCUT2D eigenvalue weighted by Crippen LogP contribution is 2.34. The van der Waals surface area contributed by atoms with Crippen LogP contribution in [0.5, 0.6) is 11.5 Å². The fourth-order valence-corrected chi connectivity index (χ4v) is 4.81. The van der Waals surface area contributed by atoms with Gasteiger partial charge in [-0.25, -0.2) is 8.42 Å². The summed E-state index contributed by atoms with van der Waals surface area (Å²) in [5.41, 5.74) is 1.68. The first kappa shape index (κ1) is 21.2. The van der Waals surface area contributed by atoms with Crippen LogP contribution in [0.15, 0.2) is 71.6 Å². The van der Waals surface area contributed by atoms with Gasteiger partial charge in [0.15, 0.2) is 5.75 Å². The summed E-state index contributed by atoms with van der Waals surface area (Å²) in [5, 5.41) is 0.372. The second-order valence-electron chi connectivity index (χ2n) is 7.26. The van der Waals surface area contributed by atoms with Gasteiger partial charge in [-0.15, -0.1) is 0 Å². The molecule has 0 spiro atoms. The Hall–Kier alpha value is -3.03. The Morgan fingerprint density at radius 2 is 1.81 bits per heavy atom. The van der Waals surface area contributed by atoms with E-state index in [0.29, 0.717) is 35.1 Å². The Labute approximate surface area is 186 Å². The smallest absolute Gasteiger partial charge is 0.262 e. The van der Waals surface area contributed by atoms with Crippen LogP contribution in [-0.4, -0.2) is 20.9 Å². The lowest BCUT2D eigenvalue weighted by atomic mass is 10.2. The van der Waals surface area contributed by atoms with Crippen molar-refractivity contribution in [3.63, 3.8) is 0 Å². The molecule has 1 N–H and O–H groups in total. The van der Waals surface area contributed by atoms with Gasteiger partial charge in [0.05, 0.1) is 10.6 Å². The van der Waals surface area contributed by atoms with Crippen LogP contribution in [0.3, 0.4) is 0 Å². The molecule has 1 fully saturated rings. The van der Waals surface area contributed by atoms with Gasteiger partial charge in [-0.05, 0) is 67.4 Å². The first-order chi connectivity index (χ1) is 14.8. The maximum Gasteiger partial charge on any atom is 0.262 e. The second-order valence-corrected chi connectivity index (χ2v) is 9.38. The van der Waals surface area contributed by atoms with Crippen LogP contribution in [0.4, 0.5) is 11.4 Å². The van der Waals surface area contributed by atoms with Crippen LogP contribution < -0.4 is 14.4 Å². The molecule has 0 bridgehead atoms. The molecular formula is C23H21ClN2O4S. The maximum atomic E-state index is 13.1. The van der Waals surface area contributed by atoms with Crippen LogP contribution in [-0.2, 0) is 14.8 Å². The summed E-state index contributed by atoms with van der Waals surface area (Å²) < 4.78 is 34.6. The first-order valence-corrected chi connectivity index (χ1v) is 11.7. The molecule has 1 saturated heterocycles. The number of rotatable bonds is 6. The predicted molar refractivity (Wildman–Crippen MR) is 122 cm³/mol. The van der Waals surface area contributed by atoms with Crippen molar-refractivity contribution < 1.29 is 17.9 Å². The molecule has 1 aliphatic heterocycles. The van der Waals surface area contributed by atoms with Crippen LogP contribution in [0.25, 0.3) is 0 Å². The highest BCUT2D eigenvalue weighted by molar-refractivity contribution is 7.92. The average molecular weight is 457 g/mol. The first-order valence-electron chi connectivity index (χ1n) is 9.80. The molecule has 1 heterocycles. The van der Waals surface area contributed by atoms with Gasteiger partial charge in [-0.2, -0.15) is 0 Å². The fourth-order valence-electron chi connectivity index (χ4n) is 3.49. The lowest BCUT2D eigenvalue weighted by molar-refractivity contribution is -0.117. The number of hydrogen-bond donors (Lipinski definition) is 1. The molecule has 0 atom stereocenters. The van der Waals surface area contributed by atoms with Crippen LogP contribution in [0.2, 0.25) is 5.02 Å². The Kier molecular flexibility index (Phi) is 5.89. The van der Waals surface area contributed by atoms with E-state index in [2.05, 4.69) is 4.72 Å². The van der Waals surface area contributed by atoms with E-state index >= 15 is 0 Å². The number of amides is 1. The number of halogens is 1. The van der Waals surface area contributed by atoms with Crippen LogP contribution >= 0.6 is 11.6 Å². The molecule has 8 heteroatoms. The van der Waals surface area contributed by atoms with Crippen molar-refractivity contribution in [3.8, 4) is 11.5 Å². The number of aryl methyl sites for hydroxylation is 1. The Balaban J connectivity index is 1.62. The number of carbonyl (C=O) groups is 1. The van der Waals surface area contributed by atoms with E-state index in [-0.39, 0.29) is 16.5 Å². The Bertz CT molecular complexity index is 1230. The summed E-state index contributed by atoms with van der Waals surface area (Å²) >= 11 is 6.10. The molecule has 31 heavy (non-hydrogen) atoms. The lowest BCUT2D eigenvalue weighted by Gasteiger charge is -2.19. The average Bonchev–Trinajstić information content (AvgIpc) is 3.16. The third-order valence-corrected chi connectivity index (χ3v) is 6.60. The van der Waals surface area contributed by atoms with Crippen molar-refractivity contribution in [2.75, 3.05) is 16.2 Å². The Morgan fingerprint density at radius 3 is 2.48 bits per heavy atom. The summed E-state index contributed by atoms with van der Waals surface area (Å²) in [6.07, 6.45) is 1.32. The molecule has 0 radical (unpaired) electrons. The van der Waals surface area contributed by atoms with E-state index in [9.17, 15) is 13.2 Å². The topological polar surface area (TPSA) is 75.7 Å². The Morgan fingerprint density at radius 1 is 1.03 bits per heavy atom. The number of ether oxygens (including phenoxy) is 1. The normalized spacial score (nSPS) is 14.0. The molecule has 0 aliphatic carbocycles. The van der Waals surface area contributed by atoms with Crippen molar-refractivity contribution in [1.29, 1.82) is 0 Å². The van der Waals surface area contributed by atoms with Gasteiger partial charge in [0, 0.05) is 23.7 Å². The highest BCUT2D eigenvalue weighted by atomic mass is 35.5. The number of nitrogens with zero attached hydrogens (tertiary/aromatic N) is 1. The van der Waals surface area contributed by atoms with Crippen molar-refractivity contribution >= 4 is 38.9 Å². The fraction of sp³-hybridized carbons (Fsp3) is 0.174. The van der Waals surface area contributed by atoms with Crippen molar-refractivity contribution in [1.82, 2.24) is 0 Å². The van der Waals surface area contributed by atoms with E-state index in [4.69, 9.17) is 16.3 Å². The zero-order valence-electron chi connectivity index (χ0n) is 16.8. The third-order valence-electron chi connectivity index (χ3n) is 5.00. The lowest BCUT2D eigenvalue weighted by Crippen LogP contribution is -2.24. The van der Waals surface area contributed by atoms with Gasteiger partial charge < -0.3 is 9.64 Å². The predicted octanol–water partition coefficient (Wildman–Crippen LogP) is 5.37. The number of carbonyl (C=O) groups excluding carboxylic acids is 1. The van der Waals surface area contributed by atoms with Gasteiger partial charge in [0.25, 0.3) is 10.0 Å². The number of nitrogens with one attached hydrogen (secondary N) is 1. The molecule has 0 unspecified atom stereocenters. The number of para-hydroxylation sites is 1. The van der Waals surface area contributed by atoms with Crippen molar-refractivity contribution in [3.05, 3.63) is 77.3 Å². The quantitative estimate of drug-likeness (QED) is 0.541. The monoisotopic (exact) mass is 456 g/mol. The summed E-state index contributed by atoms with van der Waals surface area (Å²) in [5.74, 6) is 0.953. The molecule has 1 aliphatic rings. The molecule has 6 nitrogen and oxygen atoms in total. The minimum absolute atomic E-state index is 0.0541. The van der Waals surface area contributed by atoms with Gasteiger partial charge in [-0.1, -0.05) is 29.8 Å². The summed E-state index contributed by atoms with van der Waals surface area (Å²) in [6.45, 7) is 2.44. The van der Waals surface area contributed by atoms with E-state index in [0.717, 1.165) is 12.1 Å². The van der Waals surface area contributed by atoms with Gasteiger partial charge in [0.2, 0.25) is 5.91 Å². The summed E-state index contributed by atoms with van der Waals surface area (Å²) in [7, 11) is -3.91. The van der Waals surface area contributed by atoms with Crippen molar-refractivity contribution in [2.24, 2.45) is 0 Å². The van der Waals surface area contributed by atoms with Crippen molar-refractivity contribution in [2.45, 2.75) is 24.7 Å². The molecule has 3 aromatic carbocycles. The molecule has 3 aromatic rings. The van der Waals surface area contributed by atoms with Gasteiger partial charge in [0.1, 0.15) is 5.75 Å². The molecular weight excluding hydrogens is 436 g/mol. The highest BCUT2D eigenvalue weighted by Gasteiger charge is 2.25. The van der Waals surface area contributed by atoms with Gasteiger partial charge >= 0.3 is 0 Å². The zero-order valence-corrected chi connectivity index (χ0v) is 18.4. The molecule has 4 rings (SSSR count). The van der Waals surface area contributed by atoms with E-state index in [1.54, 1.807) is 48.2 Å². The molecule has 1 amide bonds. The number of sulfonamides is 1. The minimum Gasteiger partial charge on any atom is -0.455 e. The number of anilines is 2. The number of hydrogen-bond acceptors (Lipinski definition) is 4. The van der Waals surface area contributed by atoms with E-state index < -0.39 is 10.0 Å². The third kappa shape index (κ3) is 4.68. The summed E-state index contributed by atoms with van der Waals surface area (Å²) in [6, 6.07) is 18.5. The SMILES string of the molecule is Cc1cc(S(=O)(=O)Nc2cc(Cl)ccc2Oc2ccccc2)ccc1N1CCCC1=O. The maximum absolute atomic E-state index is 13.1. The van der Waals surface area contributed by atoms with Gasteiger partial charge in [-0.3, -0.25) is 9.52 Å². The molecule has 0 saturated carbocycles. The number of benzene rings is 3. The largest absolute Gasteiger partial charge is 0.455 e. The zero-order chi connectivity index (χ0) is 22.0. The molecule has 160 valence electrons. The van der Waals surface area contributed by atoms with Crippen LogP contribution in [0.1, 0.15) is 18.4 Å². The van der Waals surface area contributed by atoms with E-state index in [1.165, 1.54) is 12.1 Å². The minimum atomic E-state index is -3.91. The standard InChI is InChI=1S/C23H21ClN2O4S/c1-16-14-19(10-11-21(16)26-13-5-8-23(26)27)31(28,29)25-20-15-17(24)9-12-22(20)30-18-6-3-2-4-7-18/h2-4,6-7,9-12,14-15,25H,5,8,13H2,1H3. The second kappa shape index (κ2) is 8.61. The molecule has 0 aromatic heterocycles. The van der Waals surface area contributed by atoms with Crippen LogP contribution in [0, 0.1) is 6.92 Å². The van der Waals surface area contributed by atoms with E-state index in [1.807, 2.05) is 18.2 Å². The summed E-state index contributed by atoms with van der Waals surface area (Å²) in [4.78, 5) is 13.8.